The number of alkyl carbamates (subject to hydrolysis) is 1. The molecular weight excluding hydrogens is 462 g/mol. The Morgan fingerprint density at radius 2 is 1.91 bits per heavy atom. The fourth-order valence-corrected chi connectivity index (χ4v) is 3.89. The van der Waals surface area contributed by atoms with Crippen LogP contribution in [0.25, 0.3) is 16.6 Å². The molecule has 0 atom stereocenters. The van der Waals surface area contributed by atoms with Gasteiger partial charge in [0.25, 0.3) is 5.56 Å². The first-order chi connectivity index (χ1) is 16.3. The van der Waals surface area contributed by atoms with E-state index in [9.17, 15) is 14.4 Å². The molecule has 3 rings (SSSR count). The monoisotopic (exact) mass is 487 g/mol. The number of esters is 1. The number of amides is 1. The SMILES string of the molecule is CCOC(=O)c1c(C)cc2nc(COC(=O)NCCOC)n(-c3ccccc3Cl)c(=O)c2c1C. The molecule has 10 heteroatoms. The topological polar surface area (TPSA) is 109 Å². The summed E-state index contributed by atoms with van der Waals surface area (Å²) < 4.78 is 16.7. The minimum Gasteiger partial charge on any atom is -0.462 e. The summed E-state index contributed by atoms with van der Waals surface area (Å²) in [5.74, 6) is -0.335. The van der Waals surface area contributed by atoms with Crippen molar-refractivity contribution in [1.82, 2.24) is 14.9 Å². The number of methoxy groups -OCH3 is 1. The summed E-state index contributed by atoms with van der Waals surface area (Å²) in [4.78, 5) is 43.0. The van der Waals surface area contributed by atoms with Crippen molar-refractivity contribution < 1.29 is 23.8 Å². The average Bonchev–Trinajstić information content (AvgIpc) is 2.78. The molecule has 0 saturated carbocycles. The van der Waals surface area contributed by atoms with Gasteiger partial charge in [-0.3, -0.25) is 9.36 Å². The number of carbonyl (C=O) groups is 2. The normalized spacial score (nSPS) is 10.9. The third-order valence-corrected chi connectivity index (χ3v) is 5.48. The number of nitrogens with one attached hydrogen (secondary N) is 1. The van der Waals surface area contributed by atoms with Gasteiger partial charge in [0, 0.05) is 13.7 Å². The number of nitrogens with zero attached hydrogens (tertiary/aromatic N) is 2. The van der Waals surface area contributed by atoms with Crippen LogP contribution in [0.15, 0.2) is 35.1 Å². The van der Waals surface area contributed by atoms with Crippen molar-refractivity contribution >= 4 is 34.6 Å². The van der Waals surface area contributed by atoms with Gasteiger partial charge in [-0.25, -0.2) is 14.6 Å². The summed E-state index contributed by atoms with van der Waals surface area (Å²) in [5, 5.41) is 3.11. The lowest BCUT2D eigenvalue weighted by Gasteiger charge is -2.17. The number of hydrogen-bond donors (Lipinski definition) is 1. The number of aryl methyl sites for hydroxylation is 2. The van der Waals surface area contributed by atoms with Gasteiger partial charge in [-0.2, -0.15) is 0 Å². The molecule has 0 spiro atoms. The van der Waals surface area contributed by atoms with Crippen molar-refractivity contribution in [3.63, 3.8) is 0 Å². The fourth-order valence-electron chi connectivity index (χ4n) is 3.67. The summed E-state index contributed by atoms with van der Waals surface area (Å²) in [7, 11) is 1.52. The first kappa shape index (κ1) is 25.2. The Morgan fingerprint density at radius 1 is 1.18 bits per heavy atom. The Hall–Kier alpha value is -3.43. The van der Waals surface area contributed by atoms with E-state index in [1.165, 1.54) is 11.7 Å². The molecule has 3 aromatic rings. The predicted molar refractivity (Wildman–Crippen MR) is 128 cm³/mol. The van der Waals surface area contributed by atoms with Crippen LogP contribution >= 0.6 is 11.6 Å². The zero-order valence-corrected chi connectivity index (χ0v) is 20.2. The summed E-state index contributed by atoms with van der Waals surface area (Å²) in [6.45, 7) is 5.67. The van der Waals surface area contributed by atoms with Gasteiger partial charge in [-0.1, -0.05) is 23.7 Å². The van der Waals surface area contributed by atoms with Crippen molar-refractivity contribution in [2.75, 3.05) is 26.9 Å². The van der Waals surface area contributed by atoms with Crippen molar-refractivity contribution in [3.8, 4) is 5.69 Å². The number of ether oxygens (including phenoxy) is 3. The molecular formula is C24H26ClN3O6. The van der Waals surface area contributed by atoms with Crippen LogP contribution in [0.4, 0.5) is 4.79 Å². The van der Waals surface area contributed by atoms with E-state index in [-0.39, 0.29) is 31.0 Å². The molecule has 1 N–H and O–H groups in total. The summed E-state index contributed by atoms with van der Waals surface area (Å²) in [6, 6.07) is 8.41. The maximum atomic E-state index is 13.8. The molecule has 0 fully saturated rings. The molecule has 0 bridgehead atoms. The number of aromatic nitrogens is 2. The van der Waals surface area contributed by atoms with Gasteiger partial charge in [0.2, 0.25) is 0 Å². The highest BCUT2D eigenvalue weighted by atomic mass is 35.5. The van der Waals surface area contributed by atoms with Gasteiger partial charge in [0.15, 0.2) is 12.4 Å². The number of rotatable bonds is 8. The van der Waals surface area contributed by atoms with Crippen LogP contribution in [0.3, 0.4) is 0 Å². The Balaban J connectivity index is 2.19. The van der Waals surface area contributed by atoms with Gasteiger partial charge in [0.05, 0.1) is 40.4 Å². The predicted octanol–water partition coefficient (Wildman–Crippen LogP) is 3.71. The van der Waals surface area contributed by atoms with Crippen LogP contribution in [-0.4, -0.2) is 48.5 Å². The molecule has 180 valence electrons. The van der Waals surface area contributed by atoms with Gasteiger partial charge in [-0.15, -0.1) is 0 Å². The van der Waals surface area contributed by atoms with E-state index in [4.69, 9.17) is 25.8 Å². The van der Waals surface area contributed by atoms with Crippen LogP contribution in [0.2, 0.25) is 5.02 Å². The van der Waals surface area contributed by atoms with Crippen LogP contribution < -0.4 is 10.9 Å². The summed E-state index contributed by atoms with van der Waals surface area (Å²) in [6.07, 6.45) is -0.679. The first-order valence-corrected chi connectivity index (χ1v) is 11.0. The summed E-state index contributed by atoms with van der Waals surface area (Å²) in [5.41, 5.74) is 1.70. The number of halogens is 1. The molecule has 0 aliphatic carbocycles. The molecule has 0 aliphatic heterocycles. The highest BCUT2D eigenvalue weighted by Gasteiger charge is 2.22. The third-order valence-electron chi connectivity index (χ3n) is 5.16. The lowest BCUT2D eigenvalue weighted by Crippen LogP contribution is -2.30. The van der Waals surface area contributed by atoms with E-state index in [2.05, 4.69) is 10.3 Å². The molecule has 0 aliphatic rings. The number of benzene rings is 2. The van der Waals surface area contributed by atoms with Crippen molar-refractivity contribution in [1.29, 1.82) is 0 Å². The maximum absolute atomic E-state index is 13.8. The van der Waals surface area contributed by atoms with Gasteiger partial charge >= 0.3 is 12.1 Å². The van der Waals surface area contributed by atoms with Crippen LogP contribution in [0, 0.1) is 13.8 Å². The average molecular weight is 488 g/mol. The van der Waals surface area contributed by atoms with E-state index in [0.29, 0.717) is 39.5 Å². The second-order valence-corrected chi connectivity index (χ2v) is 7.83. The molecule has 0 unspecified atom stereocenters. The quantitative estimate of drug-likeness (QED) is 0.381. The van der Waals surface area contributed by atoms with E-state index in [1.54, 1.807) is 51.1 Å². The molecule has 9 nitrogen and oxygen atoms in total. The number of para-hydroxylation sites is 1. The van der Waals surface area contributed by atoms with Gasteiger partial charge < -0.3 is 19.5 Å². The van der Waals surface area contributed by atoms with E-state index in [1.807, 2.05) is 0 Å². The van der Waals surface area contributed by atoms with Crippen LogP contribution in [0.1, 0.15) is 34.2 Å². The zero-order chi connectivity index (χ0) is 24.8. The third kappa shape index (κ3) is 5.21. The van der Waals surface area contributed by atoms with Crippen molar-refractivity contribution in [3.05, 3.63) is 68.2 Å². The maximum Gasteiger partial charge on any atom is 0.407 e. The Labute approximate surface area is 201 Å². The fraction of sp³-hybridized carbons (Fsp3) is 0.333. The first-order valence-electron chi connectivity index (χ1n) is 10.7. The molecule has 1 heterocycles. The smallest absolute Gasteiger partial charge is 0.407 e. The standard InChI is InChI=1S/C24H26ClN3O6/c1-5-33-23(30)20-14(2)12-17-21(15(20)3)22(29)28(18-9-7-6-8-16(18)25)19(27-17)13-34-24(31)26-10-11-32-4/h6-9,12H,5,10-11,13H2,1-4H3,(H,26,31). The molecule has 2 aromatic carbocycles. The van der Waals surface area contributed by atoms with E-state index >= 15 is 0 Å². The molecule has 0 saturated heterocycles. The number of hydrogen-bond acceptors (Lipinski definition) is 7. The molecule has 0 radical (unpaired) electrons. The Morgan fingerprint density at radius 3 is 2.59 bits per heavy atom. The lowest BCUT2D eigenvalue weighted by molar-refractivity contribution is 0.0525. The minimum absolute atomic E-state index is 0.176. The van der Waals surface area contributed by atoms with Crippen LogP contribution in [0.5, 0.6) is 0 Å². The minimum atomic E-state index is -0.679. The van der Waals surface area contributed by atoms with Gasteiger partial charge in [0.1, 0.15) is 0 Å². The molecule has 1 amide bonds. The second kappa shape index (κ2) is 11.1. The highest BCUT2D eigenvalue weighted by Crippen LogP contribution is 2.26. The molecule has 1 aromatic heterocycles. The van der Waals surface area contributed by atoms with E-state index < -0.39 is 17.6 Å². The molecule has 34 heavy (non-hydrogen) atoms. The van der Waals surface area contributed by atoms with E-state index in [0.717, 1.165) is 0 Å². The highest BCUT2D eigenvalue weighted by molar-refractivity contribution is 6.32. The van der Waals surface area contributed by atoms with Gasteiger partial charge in [-0.05, 0) is 50.1 Å². The van der Waals surface area contributed by atoms with Crippen molar-refractivity contribution in [2.45, 2.75) is 27.4 Å². The second-order valence-electron chi connectivity index (χ2n) is 7.42. The lowest BCUT2D eigenvalue weighted by atomic mass is 9.98. The summed E-state index contributed by atoms with van der Waals surface area (Å²) >= 11 is 6.39. The largest absolute Gasteiger partial charge is 0.462 e. The van der Waals surface area contributed by atoms with Crippen molar-refractivity contribution in [2.24, 2.45) is 0 Å². The zero-order valence-electron chi connectivity index (χ0n) is 19.4. The Bertz CT molecular complexity index is 1290. The Kier molecular flexibility index (Phi) is 8.25. The number of carbonyl (C=O) groups excluding carboxylic acids is 2. The number of fused-ring (bicyclic) bond motifs is 1. The van der Waals surface area contributed by atoms with Crippen LogP contribution in [-0.2, 0) is 20.8 Å².